The summed E-state index contributed by atoms with van der Waals surface area (Å²) in [6, 6.07) is 7.89. The molecule has 3 N–H and O–H groups in total. The summed E-state index contributed by atoms with van der Waals surface area (Å²) in [6.45, 7) is 2.02. The van der Waals surface area contributed by atoms with Crippen LogP contribution in [-0.2, 0) is 0 Å². The molecule has 0 spiro atoms. The van der Waals surface area contributed by atoms with Gasteiger partial charge in [-0.2, -0.15) is 14.7 Å². The minimum Gasteiger partial charge on any atom is -0.325 e. The predicted molar refractivity (Wildman–Crippen MR) is 103 cm³/mol. The Labute approximate surface area is 156 Å². The molecule has 5 heterocycles. The molecule has 1 fully saturated rings. The minimum absolute atomic E-state index is 0.389. The summed E-state index contributed by atoms with van der Waals surface area (Å²) >= 11 is 0. The van der Waals surface area contributed by atoms with Crippen molar-refractivity contribution in [3.05, 3.63) is 54.7 Å². The van der Waals surface area contributed by atoms with E-state index in [1.54, 1.807) is 12.4 Å². The monoisotopic (exact) mass is 360 g/mol. The molecule has 8 nitrogen and oxygen atoms in total. The number of hydrogen-bond acceptors (Lipinski definition) is 6. The van der Waals surface area contributed by atoms with Crippen LogP contribution in [0.15, 0.2) is 49.1 Å². The first-order valence-corrected chi connectivity index (χ1v) is 9.15. The third kappa shape index (κ3) is 3.04. The quantitative estimate of drug-likeness (QED) is 0.518. The molecule has 1 atom stereocenters. The van der Waals surface area contributed by atoms with Crippen LogP contribution >= 0.6 is 0 Å². The third-order valence-electron chi connectivity index (χ3n) is 4.94. The Morgan fingerprint density at radius 3 is 3.00 bits per heavy atom. The first kappa shape index (κ1) is 16.0. The van der Waals surface area contributed by atoms with E-state index in [9.17, 15) is 0 Å². The SMILES string of the molecule is c1ccc(Nc2cc(C3CCCNC3)nc3c(-c4cn[nH]c4)cnn23)nc1. The topological polar surface area (TPSA) is 95.8 Å². The van der Waals surface area contributed by atoms with Gasteiger partial charge in [-0.25, -0.2) is 9.97 Å². The molecule has 4 aromatic heterocycles. The highest BCUT2D eigenvalue weighted by Gasteiger charge is 2.21. The van der Waals surface area contributed by atoms with Crippen LogP contribution in [0.25, 0.3) is 16.8 Å². The highest BCUT2D eigenvalue weighted by atomic mass is 15.3. The molecule has 0 aromatic carbocycles. The normalized spacial score (nSPS) is 17.3. The van der Waals surface area contributed by atoms with Crippen molar-refractivity contribution in [3.63, 3.8) is 0 Å². The van der Waals surface area contributed by atoms with Gasteiger partial charge in [-0.3, -0.25) is 5.10 Å². The molecule has 1 aliphatic heterocycles. The number of rotatable bonds is 4. The number of aromatic amines is 1. The molecule has 27 heavy (non-hydrogen) atoms. The third-order valence-corrected chi connectivity index (χ3v) is 4.94. The number of nitrogens with one attached hydrogen (secondary N) is 3. The molecular weight excluding hydrogens is 340 g/mol. The highest BCUT2D eigenvalue weighted by molar-refractivity contribution is 5.77. The van der Waals surface area contributed by atoms with Gasteiger partial charge in [-0.05, 0) is 31.5 Å². The van der Waals surface area contributed by atoms with Crippen LogP contribution in [0.3, 0.4) is 0 Å². The summed E-state index contributed by atoms with van der Waals surface area (Å²) in [5.41, 5.74) is 3.81. The van der Waals surface area contributed by atoms with E-state index in [-0.39, 0.29) is 0 Å². The van der Waals surface area contributed by atoms with Crippen LogP contribution in [0.4, 0.5) is 11.6 Å². The largest absolute Gasteiger partial charge is 0.325 e. The second-order valence-corrected chi connectivity index (χ2v) is 6.73. The molecule has 1 unspecified atom stereocenters. The van der Waals surface area contributed by atoms with Crippen molar-refractivity contribution in [3.8, 4) is 11.1 Å². The summed E-state index contributed by atoms with van der Waals surface area (Å²) in [5.74, 6) is 2.02. The van der Waals surface area contributed by atoms with Gasteiger partial charge in [0.05, 0.1) is 18.1 Å². The van der Waals surface area contributed by atoms with Crippen molar-refractivity contribution in [1.82, 2.24) is 35.1 Å². The number of H-pyrrole nitrogens is 1. The van der Waals surface area contributed by atoms with Crippen LogP contribution < -0.4 is 10.6 Å². The molecule has 0 bridgehead atoms. The molecule has 0 radical (unpaired) electrons. The molecule has 5 rings (SSSR count). The molecule has 136 valence electrons. The van der Waals surface area contributed by atoms with E-state index in [0.29, 0.717) is 5.92 Å². The first-order valence-electron chi connectivity index (χ1n) is 9.15. The van der Waals surface area contributed by atoms with Crippen LogP contribution in [0, 0.1) is 0 Å². The smallest absolute Gasteiger partial charge is 0.165 e. The van der Waals surface area contributed by atoms with E-state index in [4.69, 9.17) is 4.98 Å². The maximum atomic E-state index is 4.98. The van der Waals surface area contributed by atoms with Crippen molar-refractivity contribution >= 4 is 17.3 Å². The van der Waals surface area contributed by atoms with E-state index in [1.807, 2.05) is 35.1 Å². The number of anilines is 2. The number of hydrogen-bond donors (Lipinski definition) is 3. The number of pyridine rings is 1. The van der Waals surface area contributed by atoms with Crippen LogP contribution in [-0.4, -0.2) is 42.9 Å². The molecule has 4 aromatic rings. The van der Waals surface area contributed by atoms with E-state index >= 15 is 0 Å². The summed E-state index contributed by atoms with van der Waals surface area (Å²) in [6.07, 6.45) is 9.55. The lowest BCUT2D eigenvalue weighted by Crippen LogP contribution is -2.29. The lowest BCUT2D eigenvalue weighted by Gasteiger charge is -2.23. The molecule has 0 amide bonds. The van der Waals surface area contributed by atoms with Gasteiger partial charge in [0.25, 0.3) is 0 Å². The van der Waals surface area contributed by atoms with Gasteiger partial charge in [0.15, 0.2) is 5.65 Å². The average Bonchev–Trinajstić information content (AvgIpc) is 3.39. The van der Waals surface area contributed by atoms with Crippen molar-refractivity contribution in [1.29, 1.82) is 0 Å². The van der Waals surface area contributed by atoms with Crippen molar-refractivity contribution < 1.29 is 0 Å². The van der Waals surface area contributed by atoms with Gasteiger partial charge in [0, 0.05) is 42.0 Å². The van der Waals surface area contributed by atoms with Crippen LogP contribution in [0.2, 0.25) is 0 Å². The fourth-order valence-corrected chi connectivity index (χ4v) is 3.55. The standard InChI is InChI=1S/C19H20N8/c1-2-7-21-17(5-1)26-18-8-16(13-4-3-6-20-9-13)25-19-15(12-24-27(18)19)14-10-22-23-11-14/h1-2,5,7-8,10-13,20H,3-4,6,9H2,(H,21,26)(H,22,23). The number of nitrogens with zero attached hydrogens (tertiary/aromatic N) is 5. The Kier molecular flexibility index (Phi) is 4.02. The Morgan fingerprint density at radius 2 is 2.22 bits per heavy atom. The van der Waals surface area contributed by atoms with Gasteiger partial charge >= 0.3 is 0 Å². The second-order valence-electron chi connectivity index (χ2n) is 6.73. The Bertz CT molecular complexity index is 1030. The summed E-state index contributed by atoms with van der Waals surface area (Å²) in [4.78, 5) is 9.36. The second kappa shape index (κ2) is 6.81. The first-order chi connectivity index (χ1) is 13.4. The molecule has 0 aliphatic carbocycles. The Hall–Kier alpha value is -3.26. The zero-order valence-corrected chi connectivity index (χ0v) is 14.8. The van der Waals surface area contributed by atoms with Crippen molar-refractivity contribution in [2.24, 2.45) is 0 Å². The minimum atomic E-state index is 0.389. The predicted octanol–water partition coefficient (Wildman–Crippen LogP) is 2.72. The Morgan fingerprint density at radius 1 is 1.22 bits per heavy atom. The van der Waals surface area contributed by atoms with Gasteiger partial charge in [0.2, 0.25) is 0 Å². The summed E-state index contributed by atoms with van der Waals surface area (Å²) in [5, 5.41) is 18.4. The maximum Gasteiger partial charge on any atom is 0.165 e. The lowest BCUT2D eigenvalue weighted by atomic mass is 9.96. The molecular formula is C19H20N8. The van der Waals surface area contributed by atoms with Gasteiger partial charge in [0.1, 0.15) is 11.6 Å². The number of piperidine rings is 1. The van der Waals surface area contributed by atoms with Gasteiger partial charge in [-0.15, -0.1) is 0 Å². The average molecular weight is 360 g/mol. The lowest BCUT2D eigenvalue weighted by molar-refractivity contribution is 0.455. The highest BCUT2D eigenvalue weighted by Crippen LogP contribution is 2.30. The molecule has 1 aliphatic rings. The number of aromatic nitrogens is 6. The van der Waals surface area contributed by atoms with Crippen LogP contribution in [0.5, 0.6) is 0 Å². The molecule has 0 saturated carbocycles. The van der Waals surface area contributed by atoms with E-state index in [2.05, 4.69) is 37.0 Å². The van der Waals surface area contributed by atoms with E-state index in [0.717, 1.165) is 60.0 Å². The summed E-state index contributed by atoms with van der Waals surface area (Å²) < 4.78 is 1.83. The molecule has 8 heteroatoms. The fourth-order valence-electron chi connectivity index (χ4n) is 3.55. The number of fused-ring (bicyclic) bond motifs is 1. The summed E-state index contributed by atoms with van der Waals surface area (Å²) in [7, 11) is 0. The van der Waals surface area contributed by atoms with E-state index in [1.165, 1.54) is 0 Å². The van der Waals surface area contributed by atoms with Gasteiger partial charge in [-0.1, -0.05) is 6.07 Å². The zero-order valence-electron chi connectivity index (χ0n) is 14.8. The van der Waals surface area contributed by atoms with Crippen LogP contribution in [0.1, 0.15) is 24.5 Å². The van der Waals surface area contributed by atoms with Crippen molar-refractivity contribution in [2.45, 2.75) is 18.8 Å². The maximum absolute atomic E-state index is 4.98. The van der Waals surface area contributed by atoms with E-state index < -0.39 is 0 Å². The Balaban J connectivity index is 1.65. The zero-order chi connectivity index (χ0) is 18.1. The van der Waals surface area contributed by atoms with Crippen molar-refractivity contribution in [2.75, 3.05) is 18.4 Å². The molecule has 1 saturated heterocycles. The van der Waals surface area contributed by atoms with Gasteiger partial charge < -0.3 is 10.6 Å². The fraction of sp³-hybridized carbons (Fsp3) is 0.263.